The zero-order chi connectivity index (χ0) is 42.2. The van der Waals surface area contributed by atoms with E-state index in [-0.39, 0.29) is 35.4 Å². The summed E-state index contributed by atoms with van der Waals surface area (Å²) >= 11 is 0. The normalized spacial score (nSPS) is 19.6. The number of nitrogens with zero attached hydrogens (tertiary/aromatic N) is 3. The number of piperidine rings is 1. The number of imidazole rings is 1. The Morgan fingerprint density at radius 2 is 1.54 bits per heavy atom. The average molecular weight is 826 g/mol. The van der Waals surface area contributed by atoms with E-state index in [0.717, 1.165) is 78.2 Å². The van der Waals surface area contributed by atoms with Gasteiger partial charge in [-0.2, -0.15) is 0 Å². The third kappa shape index (κ3) is 8.74. The average Bonchev–Trinajstić information content (AvgIpc) is 3.66. The largest absolute Gasteiger partial charge is 0.350 e. The Bertz CT molecular complexity index is 2510. The lowest BCUT2D eigenvalue weighted by Crippen LogP contribution is -2.55. The van der Waals surface area contributed by atoms with Gasteiger partial charge in [-0.15, -0.1) is 0 Å². The van der Waals surface area contributed by atoms with Gasteiger partial charge in [0.15, 0.2) is 9.84 Å². The summed E-state index contributed by atoms with van der Waals surface area (Å²) in [5, 5.41) is 7.91. The first-order valence-electron chi connectivity index (χ1n) is 20.2. The molecule has 1 aromatic heterocycles. The summed E-state index contributed by atoms with van der Waals surface area (Å²) in [7, 11) is -1.64. The van der Waals surface area contributed by atoms with Gasteiger partial charge in [0.1, 0.15) is 18.1 Å². The smallest absolute Gasteiger partial charge is 0.329 e. The number of nitrogens with one attached hydrogen (secondary N) is 3. The predicted molar refractivity (Wildman–Crippen MR) is 221 cm³/mol. The summed E-state index contributed by atoms with van der Waals surface area (Å²) in [6, 6.07) is 13.1. The van der Waals surface area contributed by atoms with Gasteiger partial charge in [0.25, 0.3) is 0 Å². The molecule has 5 amide bonds. The van der Waals surface area contributed by atoms with Crippen LogP contribution in [-0.4, -0.2) is 71.5 Å². The Morgan fingerprint density at radius 3 is 2.24 bits per heavy atom. The number of imide groups is 1. The highest BCUT2D eigenvalue weighted by Gasteiger charge is 2.43. The van der Waals surface area contributed by atoms with Crippen LogP contribution in [0.5, 0.6) is 0 Å². The van der Waals surface area contributed by atoms with E-state index >= 15 is 0 Å². The van der Waals surface area contributed by atoms with Gasteiger partial charge in [-0.05, 0) is 104 Å². The highest BCUT2D eigenvalue weighted by atomic mass is 32.2. The lowest BCUT2D eigenvalue weighted by atomic mass is 9.95. The Labute approximate surface area is 342 Å². The minimum absolute atomic E-state index is 0.147. The molecule has 0 aliphatic carbocycles. The van der Waals surface area contributed by atoms with Crippen LogP contribution in [-0.2, 0) is 73.1 Å². The summed E-state index contributed by atoms with van der Waals surface area (Å²) in [4.78, 5) is 79.3. The first-order chi connectivity index (χ1) is 28.1. The lowest BCUT2D eigenvalue weighted by molar-refractivity contribution is -0.135. The zero-order valence-electron chi connectivity index (χ0n) is 33.6. The third-order valence-electron chi connectivity index (χ3n) is 11.8. The van der Waals surface area contributed by atoms with E-state index in [2.05, 4.69) is 28.1 Å². The van der Waals surface area contributed by atoms with Crippen molar-refractivity contribution in [2.45, 2.75) is 113 Å². The minimum Gasteiger partial charge on any atom is -0.350 e. The fraction of sp³-hybridized carbons (Fsp3) is 0.442. The molecular formula is C43H51N7O8S. The summed E-state index contributed by atoms with van der Waals surface area (Å²) in [6.07, 6.45) is 8.62. The number of hydrogen-bond donors (Lipinski definition) is 4. The number of rotatable bonds is 14. The number of amides is 5. The van der Waals surface area contributed by atoms with Crippen molar-refractivity contribution in [1.82, 2.24) is 25.1 Å². The first kappa shape index (κ1) is 41.5. The van der Waals surface area contributed by atoms with Crippen molar-refractivity contribution in [2.75, 3.05) is 11.2 Å². The number of fused-ring (bicyclic) bond motifs is 1. The van der Waals surface area contributed by atoms with Gasteiger partial charge in [0.05, 0.1) is 27.7 Å². The molecule has 0 saturated carbocycles. The van der Waals surface area contributed by atoms with Crippen molar-refractivity contribution in [1.29, 1.82) is 0 Å². The molecule has 3 aromatic carbocycles. The van der Waals surface area contributed by atoms with Crippen molar-refractivity contribution in [3.05, 3.63) is 92.9 Å². The lowest BCUT2D eigenvalue weighted by Gasteiger charge is -2.27. The number of sulfone groups is 1. The topological polar surface area (TPSA) is 212 Å². The Kier molecular flexibility index (Phi) is 11.9. The van der Waals surface area contributed by atoms with Crippen LogP contribution < -0.4 is 32.3 Å². The quantitative estimate of drug-likeness (QED) is 0.109. The predicted octanol–water partition coefficient (Wildman–Crippen LogP) is 2.42. The summed E-state index contributed by atoms with van der Waals surface area (Å²) in [5.41, 5.74) is 13.1. The molecule has 16 heteroatoms. The number of aromatic nitrogens is 2. The van der Waals surface area contributed by atoms with E-state index in [0.29, 0.717) is 36.8 Å². The maximum Gasteiger partial charge on any atom is 0.329 e. The molecule has 1 fully saturated rings. The molecule has 59 heavy (non-hydrogen) atoms. The molecule has 4 atom stereocenters. The van der Waals surface area contributed by atoms with Crippen molar-refractivity contribution in [2.24, 2.45) is 12.8 Å². The molecule has 4 aromatic rings. The molecule has 7 rings (SSSR count). The van der Waals surface area contributed by atoms with Crippen LogP contribution in [0.25, 0.3) is 11.0 Å². The van der Waals surface area contributed by atoms with Gasteiger partial charge in [-0.25, -0.2) is 13.2 Å². The molecule has 5 N–H and O–H groups in total. The molecule has 312 valence electrons. The van der Waals surface area contributed by atoms with E-state index in [1.54, 1.807) is 30.7 Å². The second-order valence-electron chi connectivity index (χ2n) is 16.1. The highest BCUT2D eigenvalue weighted by Crippen LogP contribution is 2.40. The third-order valence-corrected chi connectivity index (χ3v) is 12.9. The second kappa shape index (κ2) is 16.9. The summed E-state index contributed by atoms with van der Waals surface area (Å²) in [5.74, 6) is -1.94. The fourth-order valence-electron chi connectivity index (χ4n) is 8.55. The molecule has 3 aliphatic rings. The number of carbonyl (C=O) groups is 5. The molecule has 3 aliphatic heterocycles. The molecule has 4 heterocycles. The number of nitrogens with two attached hydrogens (primary N) is 1. The number of anilines is 1. The number of hydrogen-bond acceptors (Lipinski definition) is 9. The van der Waals surface area contributed by atoms with E-state index in [1.165, 1.54) is 21.6 Å². The minimum atomic E-state index is -3.34. The maximum absolute atomic E-state index is 13.7. The van der Waals surface area contributed by atoms with E-state index in [4.69, 9.17) is 5.73 Å². The van der Waals surface area contributed by atoms with E-state index < -0.39 is 51.7 Å². The number of aryl methyl sites for hydroxylation is 4. The van der Waals surface area contributed by atoms with Crippen molar-refractivity contribution in [3.8, 4) is 0 Å². The standard InChI is InChI=1S/C43H51N7O8S/c1-25(39(52)45-24-27-10-14-31(15-11-27)59(3,57)58)46-41(54)36-23-30-21-28(20-29-13-16-32(44)42(55)50(36)38(29)30)9-7-5-4-6-8-26-12-17-33-35(22-26)48(2)43(56)49(33)34-18-19-37(51)47-40(34)53/h10-12,14-15,17,20-22,25,32,34,36H,4-9,13,16,18-19,23-24,44H2,1-3H3,(H,45,52)(H,46,54)(H,47,51,53)/t25?,32-,34?,36-/m0/s1. The van der Waals surface area contributed by atoms with Crippen LogP contribution in [0.4, 0.5) is 5.69 Å². The van der Waals surface area contributed by atoms with Gasteiger partial charge in [0.2, 0.25) is 29.5 Å². The highest BCUT2D eigenvalue weighted by molar-refractivity contribution is 7.90. The summed E-state index contributed by atoms with van der Waals surface area (Å²) in [6.45, 7) is 1.72. The van der Waals surface area contributed by atoms with Crippen LogP contribution >= 0.6 is 0 Å². The molecule has 0 radical (unpaired) electrons. The van der Waals surface area contributed by atoms with Crippen molar-refractivity contribution >= 4 is 56.1 Å². The van der Waals surface area contributed by atoms with E-state index in [9.17, 15) is 37.2 Å². The van der Waals surface area contributed by atoms with Crippen LogP contribution in [0.15, 0.2) is 64.3 Å². The number of unbranched alkanes of at least 4 members (excludes halogenated alkanes) is 3. The molecule has 15 nitrogen and oxygen atoms in total. The van der Waals surface area contributed by atoms with Gasteiger partial charge in [-0.3, -0.25) is 43.3 Å². The van der Waals surface area contributed by atoms with Gasteiger partial charge in [0, 0.05) is 32.7 Å². The number of benzene rings is 3. The SMILES string of the molecule is CC(NC(=O)[C@@H]1Cc2cc(CCCCCCc3ccc4c(c3)n(C)c(=O)n4C3CCC(=O)NC3=O)cc3c2N1C(=O)[C@@H](N)CC3)C(=O)NCc1ccc(S(C)(=O)=O)cc1. The second-order valence-corrected chi connectivity index (χ2v) is 18.1. The van der Waals surface area contributed by atoms with Crippen LogP contribution in [0.3, 0.4) is 0 Å². The maximum atomic E-state index is 13.7. The Morgan fingerprint density at radius 1 is 0.864 bits per heavy atom. The van der Waals surface area contributed by atoms with Gasteiger partial charge in [-0.1, -0.05) is 43.2 Å². The molecule has 0 spiro atoms. The summed E-state index contributed by atoms with van der Waals surface area (Å²) < 4.78 is 26.6. The zero-order valence-corrected chi connectivity index (χ0v) is 34.4. The van der Waals surface area contributed by atoms with Gasteiger partial charge >= 0.3 is 5.69 Å². The van der Waals surface area contributed by atoms with Gasteiger partial charge < -0.3 is 16.4 Å². The molecule has 2 unspecified atom stereocenters. The molecule has 0 bridgehead atoms. The molecule has 1 saturated heterocycles. The monoisotopic (exact) mass is 825 g/mol. The number of carbonyl (C=O) groups excluding carboxylic acids is 5. The van der Waals surface area contributed by atoms with Crippen LogP contribution in [0, 0.1) is 0 Å². The van der Waals surface area contributed by atoms with E-state index in [1.807, 2.05) is 18.2 Å². The molecular weight excluding hydrogens is 775 g/mol. The first-order valence-corrected chi connectivity index (χ1v) is 22.1. The Hall–Kier alpha value is -5.61. The van der Waals surface area contributed by atoms with Crippen LogP contribution in [0.2, 0.25) is 0 Å². The fourth-order valence-corrected chi connectivity index (χ4v) is 9.18. The van der Waals surface area contributed by atoms with Crippen molar-refractivity contribution in [3.63, 3.8) is 0 Å². The van der Waals surface area contributed by atoms with Crippen molar-refractivity contribution < 1.29 is 32.4 Å². The van der Waals surface area contributed by atoms with Crippen LogP contribution in [0.1, 0.15) is 85.7 Å². The Balaban J connectivity index is 0.928.